The van der Waals surface area contributed by atoms with E-state index in [1.165, 1.54) is 17.7 Å². The van der Waals surface area contributed by atoms with Crippen LogP contribution in [0.25, 0.3) is 0 Å². The van der Waals surface area contributed by atoms with E-state index in [2.05, 4.69) is 12.3 Å². The molecule has 1 fully saturated rings. The van der Waals surface area contributed by atoms with Gasteiger partial charge in [0, 0.05) is 11.4 Å². The Hall–Kier alpha value is -0.670. The monoisotopic (exact) mass is 209 g/mol. The lowest BCUT2D eigenvalue weighted by molar-refractivity contribution is 0.296. The minimum atomic E-state index is 0.463. The molecule has 0 heterocycles. The molecule has 0 saturated heterocycles. The van der Waals surface area contributed by atoms with E-state index in [0.717, 1.165) is 11.3 Å². The lowest BCUT2D eigenvalue weighted by Crippen LogP contribution is -2.00. The van der Waals surface area contributed by atoms with Gasteiger partial charge in [-0.1, -0.05) is 6.07 Å². The predicted octanol–water partition coefficient (Wildman–Crippen LogP) is 2.41. The zero-order chi connectivity index (χ0) is 9.97. The first-order valence-corrected chi connectivity index (χ1v) is 6.09. The Morgan fingerprint density at radius 3 is 2.86 bits per heavy atom. The van der Waals surface area contributed by atoms with Gasteiger partial charge in [0.1, 0.15) is 5.75 Å². The van der Waals surface area contributed by atoms with Gasteiger partial charge in [-0.25, -0.2) is 0 Å². The molecule has 0 amide bonds. The van der Waals surface area contributed by atoms with E-state index in [4.69, 9.17) is 10.5 Å². The molecule has 2 rings (SSSR count). The molecule has 1 saturated carbocycles. The molecule has 0 radical (unpaired) electrons. The normalized spacial score (nSPS) is 15.6. The molecule has 2 nitrogen and oxygen atoms in total. The molecule has 2 N–H and O–H groups in total. The minimum absolute atomic E-state index is 0.463. The summed E-state index contributed by atoms with van der Waals surface area (Å²) in [5.74, 6) is 1.01. The van der Waals surface area contributed by atoms with Crippen molar-refractivity contribution in [3.05, 3.63) is 23.8 Å². The van der Waals surface area contributed by atoms with E-state index in [-0.39, 0.29) is 0 Å². The standard InChI is InChI=1S/C11H15NOS/c1-14-11-6-8(7-12)2-5-10(11)13-9-3-4-9/h2,5-6,9H,3-4,7,12H2,1H3. The molecule has 0 unspecified atom stereocenters. The first kappa shape index (κ1) is 9.87. The third-order valence-corrected chi connectivity index (χ3v) is 3.04. The smallest absolute Gasteiger partial charge is 0.133 e. The van der Waals surface area contributed by atoms with Crippen molar-refractivity contribution < 1.29 is 4.74 Å². The highest BCUT2D eigenvalue weighted by atomic mass is 32.2. The number of rotatable bonds is 4. The Kier molecular flexibility index (Phi) is 2.99. The van der Waals surface area contributed by atoms with Crippen LogP contribution in [0.1, 0.15) is 18.4 Å². The van der Waals surface area contributed by atoms with Gasteiger partial charge >= 0.3 is 0 Å². The average Bonchev–Trinajstić information content (AvgIpc) is 3.02. The second-order valence-corrected chi connectivity index (χ2v) is 4.35. The maximum atomic E-state index is 5.79. The molecule has 1 aliphatic rings. The van der Waals surface area contributed by atoms with Gasteiger partial charge in [0.05, 0.1) is 6.10 Å². The molecular formula is C11H15NOS. The van der Waals surface area contributed by atoms with E-state index in [1.54, 1.807) is 11.8 Å². The van der Waals surface area contributed by atoms with E-state index in [0.29, 0.717) is 12.6 Å². The number of ether oxygens (including phenoxy) is 1. The maximum absolute atomic E-state index is 5.79. The summed E-state index contributed by atoms with van der Waals surface area (Å²) in [4.78, 5) is 1.19. The van der Waals surface area contributed by atoms with E-state index < -0.39 is 0 Å². The van der Waals surface area contributed by atoms with Gasteiger partial charge in [-0.3, -0.25) is 0 Å². The largest absolute Gasteiger partial charge is 0.489 e. The van der Waals surface area contributed by atoms with Crippen molar-refractivity contribution in [1.82, 2.24) is 0 Å². The zero-order valence-corrected chi connectivity index (χ0v) is 9.14. The van der Waals surface area contributed by atoms with Gasteiger partial charge in [-0.2, -0.15) is 0 Å². The summed E-state index contributed by atoms with van der Waals surface area (Å²) in [6.07, 6.45) is 4.93. The number of thioether (sulfide) groups is 1. The summed E-state index contributed by atoms with van der Waals surface area (Å²) in [5.41, 5.74) is 6.75. The second-order valence-electron chi connectivity index (χ2n) is 3.51. The van der Waals surface area contributed by atoms with Gasteiger partial charge in [0.25, 0.3) is 0 Å². The summed E-state index contributed by atoms with van der Waals surface area (Å²) in [6.45, 7) is 0.595. The van der Waals surface area contributed by atoms with Crippen molar-refractivity contribution in [3.8, 4) is 5.75 Å². The van der Waals surface area contributed by atoms with Gasteiger partial charge in [0.2, 0.25) is 0 Å². The highest BCUT2D eigenvalue weighted by Crippen LogP contribution is 2.33. The summed E-state index contributed by atoms with van der Waals surface area (Å²) in [7, 11) is 0. The Balaban J connectivity index is 2.19. The van der Waals surface area contributed by atoms with Crippen LogP contribution in [-0.4, -0.2) is 12.4 Å². The number of hydrogen-bond donors (Lipinski definition) is 1. The van der Waals surface area contributed by atoms with Crippen LogP contribution in [-0.2, 0) is 6.54 Å². The van der Waals surface area contributed by atoms with Crippen molar-refractivity contribution in [3.63, 3.8) is 0 Å². The van der Waals surface area contributed by atoms with Crippen LogP contribution >= 0.6 is 11.8 Å². The molecule has 1 aromatic carbocycles. The number of nitrogens with two attached hydrogens (primary N) is 1. The molecule has 3 heteroatoms. The zero-order valence-electron chi connectivity index (χ0n) is 8.32. The molecule has 76 valence electrons. The molecule has 0 spiro atoms. The third-order valence-electron chi connectivity index (χ3n) is 2.28. The fourth-order valence-corrected chi connectivity index (χ4v) is 1.89. The third kappa shape index (κ3) is 2.22. The Morgan fingerprint density at radius 1 is 1.50 bits per heavy atom. The summed E-state index contributed by atoms with van der Waals surface area (Å²) >= 11 is 1.71. The van der Waals surface area contributed by atoms with E-state index >= 15 is 0 Å². The fourth-order valence-electron chi connectivity index (χ4n) is 1.30. The molecule has 14 heavy (non-hydrogen) atoms. The summed E-state index contributed by atoms with van der Waals surface area (Å²) in [6, 6.07) is 6.19. The Labute approximate surface area is 88.8 Å². The average molecular weight is 209 g/mol. The molecule has 0 aromatic heterocycles. The van der Waals surface area contributed by atoms with E-state index in [1.807, 2.05) is 12.1 Å². The van der Waals surface area contributed by atoms with Crippen LogP contribution in [0.4, 0.5) is 0 Å². The quantitative estimate of drug-likeness (QED) is 0.773. The van der Waals surface area contributed by atoms with Gasteiger partial charge < -0.3 is 10.5 Å². The minimum Gasteiger partial charge on any atom is -0.489 e. The van der Waals surface area contributed by atoms with Crippen molar-refractivity contribution in [2.75, 3.05) is 6.26 Å². The van der Waals surface area contributed by atoms with Crippen molar-refractivity contribution >= 4 is 11.8 Å². The first-order chi connectivity index (χ1) is 6.83. The van der Waals surface area contributed by atoms with Crippen LogP contribution in [0.15, 0.2) is 23.1 Å². The molecule has 0 atom stereocenters. The number of benzene rings is 1. The topological polar surface area (TPSA) is 35.2 Å². The van der Waals surface area contributed by atoms with Gasteiger partial charge in [0.15, 0.2) is 0 Å². The molecule has 1 aromatic rings. The Morgan fingerprint density at radius 2 is 2.29 bits per heavy atom. The summed E-state index contributed by atoms with van der Waals surface area (Å²) in [5, 5.41) is 0. The summed E-state index contributed by atoms with van der Waals surface area (Å²) < 4.78 is 5.79. The highest BCUT2D eigenvalue weighted by molar-refractivity contribution is 7.98. The predicted molar refractivity (Wildman–Crippen MR) is 59.8 cm³/mol. The van der Waals surface area contributed by atoms with Crippen molar-refractivity contribution in [2.24, 2.45) is 5.73 Å². The molecular weight excluding hydrogens is 194 g/mol. The number of hydrogen-bond acceptors (Lipinski definition) is 3. The molecule has 0 bridgehead atoms. The van der Waals surface area contributed by atoms with Gasteiger partial charge in [-0.15, -0.1) is 11.8 Å². The lowest BCUT2D eigenvalue weighted by atomic mass is 10.2. The Bertz CT molecular complexity index is 323. The van der Waals surface area contributed by atoms with E-state index in [9.17, 15) is 0 Å². The maximum Gasteiger partial charge on any atom is 0.133 e. The van der Waals surface area contributed by atoms with Crippen LogP contribution in [0.3, 0.4) is 0 Å². The SMILES string of the molecule is CSc1cc(CN)ccc1OC1CC1. The molecule has 1 aliphatic carbocycles. The van der Waals surface area contributed by atoms with Crippen LogP contribution in [0, 0.1) is 0 Å². The molecule has 0 aliphatic heterocycles. The lowest BCUT2D eigenvalue weighted by Gasteiger charge is -2.10. The second kappa shape index (κ2) is 4.24. The highest BCUT2D eigenvalue weighted by Gasteiger charge is 2.24. The van der Waals surface area contributed by atoms with Crippen molar-refractivity contribution in [1.29, 1.82) is 0 Å². The fraction of sp³-hybridized carbons (Fsp3) is 0.455. The van der Waals surface area contributed by atoms with Crippen molar-refractivity contribution in [2.45, 2.75) is 30.4 Å². The van der Waals surface area contributed by atoms with Crippen LogP contribution in [0.2, 0.25) is 0 Å². The first-order valence-electron chi connectivity index (χ1n) is 4.87. The van der Waals surface area contributed by atoms with Crippen LogP contribution in [0.5, 0.6) is 5.75 Å². The van der Waals surface area contributed by atoms with Crippen LogP contribution < -0.4 is 10.5 Å². The van der Waals surface area contributed by atoms with Gasteiger partial charge in [-0.05, 0) is 36.8 Å².